The highest BCUT2D eigenvalue weighted by Crippen LogP contribution is 2.62. The largest absolute Gasteiger partial charge is 0.0843 e. The zero-order chi connectivity index (χ0) is 23.4. The molecule has 0 amide bonds. The molecule has 0 saturated heterocycles. The molecule has 34 heavy (non-hydrogen) atoms. The minimum Gasteiger partial charge on any atom is -0.0843 e. The van der Waals surface area contributed by atoms with Gasteiger partial charge in [-0.25, -0.2) is 0 Å². The van der Waals surface area contributed by atoms with Crippen LogP contribution in [0.3, 0.4) is 0 Å². The first-order chi connectivity index (χ1) is 16.6. The number of halogens is 2. The number of allylic oxidation sites excluding steroid dienone is 1. The van der Waals surface area contributed by atoms with Gasteiger partial charge in [0.05, 0.1) is 4.75 Å². The SMILES string of the molecule is Clc1ccc(/C=C/C2(c3ccccc3)SSC(c3ccccc3)=CC2c2ccc(Cl)cc2)cc1. The van der Waals surface area contributed by atoms with Gasteiger partial charge < -0.3 is 0 Å². The van der Waals surface area contributed by atoms with E-state index in [1.807, 2.05) is 45.9 Å². The third-order valence-corrected chi connectivity index (χ3v) is 9.61. The van der Waals surface area contributed by atoms with Crippen LogP contribution in [0.15, 0.2) is 121 Å². The summed E-state index contributed by atoms with van der Waals surface area (Å²) in [4.78, 5) is 1.27. The Morgan fingerprint density at radius 3 is 1.91 bits per heavy atom. The van der Waals surface area contributed by atoms with E-state index < -0.39 is 0 Å². The molecule has 2 atom stereocenters. The van der Waals surface area contributed by atoms with Crippen molar-refractivity contribution >= 4 is 55.8 Å². The summed E-state index contributed by atoms with van der Waals surface area (Å²) >= 11 is 12.4. The van der Waals surface area contributed by atoms with E-state index in [-0.39, 0.29) is 10.7 Å². The molecule has 168 valence electrons. The topological polar surface area (TPSA) is 0 Å². The average Bonchev–Trinajstić information content (AvgIpc) is 2.90. The van der Waals surface area contributed by atoms with Crippen molar-refractivity contribution in [2.75, 3.05) is 0 Å². The summed E-state index contributed by atoms with van der Waals surface area (Å²) in [6.45, 7) is 0. The van der Waals surface area contributed by atoms with Crippen molar-refractivity contribution in [3.8, 4) is 0 Å². The molecule has 0 radical (unpaired) electrons. The quantitative estimate of drug-likeness (QED) is 0.242. The first-order valence-electron chi connectivity index (χ1n) is 11.0. The highest BCUT2D eigenvalue weighted by atomic mass is 35.5. The van der Waals surface area contributed by atoms with Gasteiger partial charge in [0.25, 0.3) is 0 Å². The molecular weight excluding hydrogens is 495 g/mol. The summed E-state index contributed by atoms with van der Waals surface area (Å²) < 4.78 is -0.308. The monoisotopic (exact) mass is 516 g/mol. The van der Waals surface area contributed by atoms with Gasteiger partial charge in [-0.2, -0.15) is 0 Å². The maximum Gasteiger partial charge on any atom is 0.0801 e. The van der Waals surface area contributed by atoms with Gasteiger partial charge in [0.15, 0.2) is 0 Å². The second-order valence-corrected chi connectivity index (χ2v) is 11.5. The van der Waals surface area contributed by atoms with Crippen LogP contribution in [-0.2, 0) is 4.75 Å². The Morgan fingerprint density at radius 1 is 0.676 bits per heavy atom. The molecule has 4 aromatic rings. The zero-order valence-corrected chi connectivity index (χ0v) is 21.4. The molecule has 0 fully saturated rings. The van der Waals surface area contributed by atoms with E-state index in [0.717, 1.165) is 15.6 Å². The predicted octanol–water partition coefficient (Wildman–Crippen LogP) is 10.1. The summed E-state index contributed by atoms with van der Waals surface area (Å²) in [5.74, 6) is 0.108. The molecule has 0 aliphatic carbocycles. The van der Waals surface area contributed by atoms with E-state index in [4.69, 9.17) is 23.2 Å². The molecule has 4 aromatic carbocycles. The van der Waals surface area contributed by atoms with Crippen LogP contribution >= 0.6 is 44.8 Å². The maximum atomic E-state index is 6.27. The molecule has 2 unspecified atom stereocenters. The van der Waals surface area contributed by atoms with Gasteiger partial charge in [0.2, 0.25) is 0 Å². The number of hydrogen-bond donors (Lipinski definition) is 0. The fraction of sp³-hybridized carbons (Fsp3) is 0.0667. The van der Waals surface area contributed by atoms with Crippen LogP contribution in [0, 0.1) is 0 Å². The second kappa shape index (κ2) is 10.5. The van der Waals surface area contributed by atoms with Gasteiger partial charge in [-0.15, -0.1) is 0 Å². The molecule has 1 heterocycles. The third-order valence-electron chi connectivity index (χ3n) is 5.96. The van der Waals surface area contributed by atoms with Gasteiger partial charge >= 0.3 is 0 Å². The van der Waals surface area contributed by atoms with Crippen molar-refractivity contribution in [2.24, 2.45) is 0 Å². The Hall–Kier alpha value is -2.36. The molecule has 0 aromatic heterocycles. The van der Waals surface area contributed by atoms with Crippen LogP contribution in [-0.4, -0.2) is 0 Å². The molecule has 0 spiro atoms. The minimum atomic E-state index is -0.308. The highest BCUT2D eigenvalue weighted by Gasteiger charge is 2.42. The highest BCUT2D eigenvalue weighted by molar-refractivity contribution is 8.80. The first kappa shape index (κ1) is 23.4. The van der Waals surface area contributed by atoms with E-state index in [0.29, 0.717) is 0 Å². The lowest BCUT2D eigenvalue weighted by atomic mass is 9.79. The average molecular weight is 518 g/mol. The van der Waals surface area contributed by atoms with Gasteiger partial charge in [-0.3, -0.25) is 0 Å². The maximum absolute atomic E-state index is 6.27. The third kappa shape index (κ3) is 5.01. The predicted molar refractivity (Wildman–Crippen MR) is 152 cm³/mol. The van der Waals surface area contributed by atoms with Crippen LogP contribution in [0.5, 0.6) is 0 Å². The lowest BCUT2D eigenvalue weighted by molar-refractivity contribution is 0.684. The van der Waals surface area contributed by atoms with Crippen molar-refractivity contribution in [1.29, 1.82) is 0 Å². The van der Waals surface area contributed by atoms with Crippen LogP contribution < -0.4 is 0 Å². The van der Waals surface area contributed by atoms with E-state index in [1.165, 1.54) is 21.6 Å². The minimum absolute atomic E-state index is 0.108. The molecule has 1 aliphatic rings. The fourth-order valence-electron chi connectivity index (χ4n) is 4.18. The molecule has 0 nitrogen and oxygen atoms in total. The van der Waals surface area contributed by atoms with E-state index in [1.54, 1.807) is 0 Å². The second-order valence-electron chi connectivity index (χ2n) is 8.14. The van der Waals surface area contributed by atoms with Gasteiger partial charge in [-0.05, 0) is 46.5 Å². The fourth-order valence-corrected chi connectivity index (χ4v) is 7.65. The Bertz CT molecular complexity index is 1300. The molecule has 4 heteroatoms. The number of rotatable bonds is 5. The molecule has 5 rings (SSSR count). The zero-order valence-electron chi connectivity index (χ0n) is 18.3. The summed E-state index contributed by atoms with van der Waals surface area (Å²) in [6, 6.07) is 37.6. The summed E-state index contributed by atoms with van der Waals surface area (Å²) in [7, 11) is 3.74. The number of benzene rings is 4. The lowest BCUT2D eigenvalue weighted by Crippen LogP contribution is -2.28. The Labute approximate surface area is 219 Å². The number of hydrogen-bond acceptors (Lipinski definition) is 2. The Balaban J connectivity index is 1.68. The molecular formula is C30H22Cl2S2. The molecule has 0 saturated carbocycles. The van der Waals surface area contributed by atoms with Gasteiger partial charge in [-0.1, -0.05) is 148 Å². The van der Waals surface area contributed by atoms with E-state index in [2.05, 4.69) is 103 Å². The molecule has 1 aliphatic heterocycles. The smallest absolute Gasteiger partial charge is 0.0801 e. The summed E-state index contributed by atoms with van der Waals surface area (Å²) in [6.07, 6.45) is 6.97. The van der Waals surface area contributed by atoms with Crippen LogP contribution in [0.1, 0.15) is 28.2 Å². The standard InChI is InChI=1S/C30H22Cl2S2/c31-26-15-11-22(12-16-26)19-20-30(25-9-5-2-6-10-25)28(23-13-17-27(32)18-14-23)21-29(33-34-30)24-7-3-1-4-8-24/h1-21,28H/b20-19+. The van der Waals surface area contributed by atoms with Crippen LogP contribution in [0.2, 0.25) is 10.0 Å². The summed E-state index contributed by atoms with van der Waals surface area (Å²) in [5, 5.41) is 1.49. The summed E-state index contributed by atoms with van der Waals surface area (Å²) in [5.41, 5.74) is 4.86. The van der Waals surface area contributed by atoms with Gasteiger partial charge in [0.1, 0.15) is 0 Å². The van der Waals surface area contributed by atoms with E-state index >= 15 is 0 Å². The normalized spacial score (nSPS) is 20.3. The van der Waals surface area contributed by atoms with Crippen LogP contribution in [0.25, 0.3) is 11.0 Å². The van der Waals surface area contributed by atoms with Crippen molar-refractivity contribution in [2.45, 2.75) is 10.7 Å². The Kier molecular flexibility index (Phi) is 7.22. The lowest BCUT2D eigenvalue weighted by Gasteiger charge is -2.40. The molecule has 0 N–H and O–H groups in total. The van der Waals surface area contributed by atoms with Gasteiger partial charge in [0, 0.05) is 20.9 Å². The van der Waals surface area contributed by atoms with Crippen molar-refractivity contribution in [3.05, 3.63) is 154 Å². The van der Waals surface area contributed by atoms with Crippen molar-refractivity contribution in [3.63, 3.8) is 0 Å². The molecule has 0 bridgehead atoms. The Morgan fingerprint density at radius 2 is 1.26 bits per heavy atom. The first-order valence-corrected chi connectivity index (χ1v) is 13.9. The van der Waals surface area contributed by atoms with Crippen molar-refractivity contribution < 1.29 is 0 Å². The van der Waals surface area contributed by atoms with Crippen molar-refractivity contribution in [1.82, 2.24) is 0 Å². The van der Waals surface area contributed by atoms with E-state index in [9.17, 15) is 0 Å². The van der Waals surface area contributed by atoms with Crippen LogP contribution in [0.4, 0.5) is 0 Å².